The van der Waals surface area contributed by atoms with Crippen LogP contribution in [0.15, 0.2) is 65.3 Å². The molecule has 2 fully saturated rings. The first-order valence-electron chi connectivity index (χ1n) is 14.9. The Morgan fingerprint density at radius 3 is 2.58 bits per heavy atom. The SMILES string of the molecule is Cc1ccccc1CC1CCCN(c2ccc(C(=O)NCCNC3CS(=O)(=O)C[C@@H]3O)cc2NC(=O)c2ccco2)CC1. The van der Waals surface area contributed by atoms with E-state index >= 15 is 0 Å². The second kappa shape index (κ2) is 13.7. The van der Waals surface area contributed by atoms with Crippen LogP contribution in [0.3, 0.4) is 0 Å². The molecule has 2 aromatic carbocycles. The fourth-order valence-corrected chi connectivity index (χ4v) is 7.74. The number of furan rings is 1. The van der Waals surface area contributed by atoms with Crippen LogP contribution in [0.5, 0.6) is 0 Å². The Kier molecular flexibility index (Phi) is 9.84. The molecule has 3 atom stereocenters. The van der Waals surface area contributed by atoms with Crippen molar-refractivity contribution in [1.29, 1.82) is 0 Å². The van der Waals surface area contributed by atoms with Gasteiger partial charge in [0, 0.05) is 37.8 Å². The van der Waals surface area contributed by atoms with Gasteiger partial charge in [0.15, 0.2) is 15.6 Å². The number of amides is 2. The lowest BCUT2D eigenvalue weighted by Gasteiger charge is -2.26. The lowest BCUT2D eigenvalue weighted by molar-refractivity contribution is 0.0950. The summed E-state index contributed by atoms with van der Waals surface area (Å²) in [6.45, 7) is 4.38. The zero-order valence-electron chi connectivity index (χ0n) is 24.4. The molecule has 2 unspecified atom stereocenters. The van der Waals surface area contributed by atoms with Crippen LogP contribution < -0.4 is 20.9 Å². The van der Waals surface area contributed by atoms with Gasteiger partial charge in [0.05, 0.1) is 35.2 Å². The summed E-state index contributed by atoms with van der Waals surface area (Å²) < 4.78 is 28.7. The maximum Gasteiger partial charge on any atom is 0.291 e. The second-order valence-corrected chi connectivity index (χ2v) is 13.7. The first kappa shape index (κ1) is 30.8. The van der Waals surface area contributed by atoms with Crippen molar-refractivity contribution in [2.45, 2.75) is 44.8 Å². The van der Waals surface area contributed by atoms with E-state index in [2.05, 4.69) is 52.0 Å². The van der Waals surface area contributed by atoms with Crippen molar-refractivity contribution < 1.29 is 27.5 Å². The van der Waals surface area contributed by atoms with Crippen LogP contribution in [-0.4, -0.2) is 75.2 Å². The summed E-state index contributed by atoms with van der Waals surface area (Å²) in [7, 11) is -3.25. The van der Waals surface area contributed by atoms with Crippen LogP contribution in [0.4, 0.5) is 11.4 Å². The summed E-state index contributed by atoms with van der Waals surface area (Å²) in [6, 6.07) is 16.6. The van der Waals surface area contributed by atoms with Crippen LogP contribution in [-0.2, 0) is 16.3 Å². The molecule has 230 valence electrons. The Hall–Kier alpha value is -3.67. The predicted octanol–water partition coefficient (Wildman–Crippen LogP) is 3.17. The maximum absolute atomic E-state index is 13.0. The van der Waals surface area contributed by atoms with Gasteiger partial charge in [0.2, 0.25) is 0 Å². The first-order valence-corrected chi connectivity index (χ1v) is 16.7. The van der Waals surface area contributed by atoms with Crippen LogP contribution in [0.25, 0.3) is 0 Å². The molecule has 0 bridgehead atoms. The number of hydrogen-bond donors (Lipinski definition) is 4. The van der Waals surface area contributed by atoms with Crippen molar-refractivity contribution in [3.8, 4) is 0 Å². The van der Waals surface area contributed by atoms with E-state index in [1.165, 1.54) is 17.4 Å². The molecular weight excluding hydrogens is 568 g/mol. The van der Waals surface area contributed by atoms with Crippen LogP contribution in [0.2, 0.25) is 0 Å². The molecular formula is C32H40N4O6S. The minimum Gasteiger partial charge on any atom is -0.459 e. The van der Waals surface area contributed by atoms with E-state index in [1.54, 1.807) is 24.3 Å². The summed E-state index contributed by atoms with van der Waals surface area (Å²) in [5, 5.41) is 18.7. The summed E-state index contributed by atoms with van der Waals surface area (Å²) in [4.78, 5) is 28.3. The molecule has 2 aliphatic heterocycles. The van der Waals surface area contributed by atoms with E-state index < -0.39 is 27.9 Å². The molecule has 43 heavy (non-hydrogen) atoms. The molecule has 2 aliphatic rings. The van der Waals surface area contributed by atoms with Gasteiger partial charge < -0.3 is 30.4 Å². The number of aliphatic hydroxyl groups is 1. The minimum absolute atomic E-state index is 0.120. The van der Waals surface area contributed by atoms with Crippen molar-refractivity contribution in [3.63, 3.8) is 0 Å². The quantitative estimate of drug-likeness (QED) is 0.257. The number of rotatable bonds is 10. The number of hydrogen-bond acceptors (Lipinski definition) is 8. The lowest BCUT2D eigenvalue weighted by Crippen LogP contribution is -2.42. The maximum atomic E-state index is 13.0. The van der Waals surface area contributed by atoms with E-state index in [0.717, 1.165) is 44.5 Å². The standard InChI is InChI=1S/C32H40N4O6S/c1-22-6-2-3-8-24(22)18-23-7-4-15-36(16-12-23)28-11-10-25(19-26(28)35-32(39)30-9-5-17-42-30)31(38)34-14-13-33-27-20-43(40,41)21-29(27)37/h2-3,5-6,8-11,17,19,23,27,29,33,37H,4,7,12-16,18,20-21H2,1H3,(H,34,38)(H,35,39)/t23?,27?,29-/m0/s1. The number of nitrogens with one attached hydrogen (secondary N) is 3. The highest BCUT2D eigenvalue weighted by molar-refractivity contribution is 7.91. The molecule has 0 radical (unpaired) electrons. The fraction of sp³-hybridized carbons (Fsp3) is 0.438. The molecule has 4 N–H and O–H groups in total. The Morgan fingerprint density at radius 2 is 1.84 bits per heavy atom. The topological polar surface area (TPSA) is 141 Å². The van der Waals surface area contributed by atoms with E-state index in [9.17, 15) is 23.1 Å². The second-order valence-electron chi connectivity index (χ2n) is 11.5. The number of benzene rings is 2. The third-order valence-corrected chi connectivity index (χ3v) is 10.1. The molecule has 2 saturated heterocycles. The predicted molar refractivity (Wildman–Crippen MR) is 166 cm³/mol. The Labute approximate surface area is 252 Å². The average Bonchev–Trinajstić information content (AvgIpc) is 3.54. The smallest absolute Gasteiger partial charge is 0.291 e. The number of nitrogens with zero attached hydrogens (tertiary/aromatic N) is 1. The highest BCUT2D eigenvalue weighted by Gasteiger charge is 2.35. The molecule has 0 aliphatic carbocycles. The van der Waals surface area contributed by atoms with Gasteiger partial charge in [-0.2, -0.15) is 0 Å². The third-order valence-electron chi connectivity index (χ3n) is 8.35. The van der Waals surface area contributed by atoms with Gasteiger partial charge in [0.1, 0.15) is 0 Å². The third kappa shape index (κ3) is 8.04. The summed E-state index contributed by atoms with van der Waals surface area (Å²) in [5.74, 6) is -0.347. The van der Waals surface area contributed by atoms with Gasteiger partial charge in [0.25, 0.3) is 11.8 Å². The summed E-state index contributed by atoms with van der Waals surface area (Å²) in [5.41, 5.74) is 4.48. The molecule has 2 amide bonds. The van der Waals surface area contributed by atoms with Gasteiger partial charge in [-0.1, -0.05) is 24.3 Å². The van der Waals surface area contributed by atoms with Gasteiger partial charge in [-0.05, 0) is 80.0 Å². The van der Waals surface area contributed by atoms with E-state index in [0.29, 0.717) is 23.7 Å². The number of sulfone groups is 1. The molecule has 11 heteroatoms. The van der Waals surface area contributed by atoms with Crippen LogP contribution in [0.1, 0.15) is 51.3 Å². The number of aryl methyl sites for hydroxylation is 1. The van der Waals surface area contributed by atoms with Crippen LogP contribution in [0, 0.1) is 12.8 Å². The number of aliphatic hydroxyl groups excluding tert-OH is 1. The van der Waals surface area contributed by atoms with E-state index in [4.69, 9.17) is 4.42 Å². The molecule has 3 heterocycles. The number of anilines is 2. The van der Waals surface area contributed by atoms with Gasteiger partial charge in [-0.15, -0.1) is 0 Å². The molecule has 1 aromatic heterocycles. The monoisotopic (exact) mass is 608 g/mol. The molecule has 5 rings (SSSR count). The Bertz CT molecular complexity index is 1520. The molecule has 3 aromatic rings. The van der Waals surface area contributed by atoms with Crippen molar-refractivity contribution >= 4 is 33.0 Å². The largest absolute Gasteiger partial charge is 0.459 e. The minimum atomic E-state index is -3.25. The fourth-order valence-electron chi connectivity index (χ4n) is 5.96. The van der Waals surface area contributed by atoms with E-state index in [1.807, 2.05) is 6.07 Å². The van der Waals surface area contributed by atoms with E-state index in [-0.39, 0.29) is 29.7 Å². The summed E-state index contributed by atoms with van der Waals surface area (Å²) in [6.07, 6.45) is 4.70. The highest BCUT2D eigenvalue weighted by atomic mass is 32.2. The molecule has 0 spiro atoms. The highest BCUT2D eigenvalue weighted by Crippen LogP contribution is 2.32. The Balaban J connectivity index is 1.25. The van der Waals surface area contributed by atoms with Crippen molar-refractivity contribution in [2.75, 3.05) is 47.9 Å². The van der Waals surface area contributed by atoms with Gasteiger partial charge in [-0.25, -0.2) is 8.42 Å². The normalized spacial score (nSPS) is 21.7. The van der Waals surface area contributed by atoms with Gasteiger partial charge in [-0.3, -0.25) is 9.59 Å². The van der Waals surface area contributed by atoms with Crippen molar-refractivity contribution in [1.82, 2.24) is 10.6 Å². The zero-order valence-corrected chi connectivity index (χ0v) is 25.2. The average molecular weight is 609 g/mol. The van der Waals surface area contributed by atoms with Crippen molar-refractivity contribution in [2.24, 2.45) is 5.92 Å². The first-order chi connectivity index (χ1) is 20.7. The van der Waals surface area contributed by atoms with Gasteiger partial charge >= 0.3 is 0 Å². The Morgan fingerprint density at radius 1 is 1.00 bits per heavy atom. The lowest BCUT2D eigenvalue weighted by atomic mass is 9.91. The number of carbonyl (C=O) groups excluding carboxylic acids is 2. The zero-order chi connectivity index (χ0) is 30.4. The molecule has 0 saturated carbocycles. The summed E-state index contributed by atoms with van der Waals surface area (Å²) >= 11 is 0. The molecule has 10 nitrogen and oxygen atoms in total. The van der Waals surface area contributed by atoms with Crippen molar-refractivity contribution in [3.05, 3.63) is 83.3 Å². The number of carbonyl (C=O) groups is 2. The van der Waals surface area contributed by atoms with Crippen LogP contribution >= 0.6 is 0 Å².